The molecule has 0 radical (unpaired) electrons. The summed E-state index contributed by atoms with van der Waals surface area (Å²) < 4.78 is 24.1. The molecule has 0 N–H and O–H groups in total. The van der Waals surface area contributed by atoms with Gasteiger partial charge in [-0.05, 0) is 97.8 Å². The van der Waals surface area contributed by atoms with E-state index < -0.39 is 0 Å². The molecular weight excluding hydrogens is 655 g/mol. The Bertz CT molecular complexity index is 2660. The first kappa shape index (κ1) is 31.9. The fourth-order valence-corrected chi connectivity index (χ4v) is 6.66. The van der Waals surface area contributed by atoms with Crippen molar-refractivity contribution in [2.45, 2.75) is 13.8 Å². The number of aryl methyl sites for hydroxylation is 1. The van der Waals surface area contributed by atoms with Crippen molar-refractivity contribution < 1.29 is 4.74 Å². The summed E-state index contributed by atoms with van der Waals surface area (Å²) in [6, 6.07) is 28.9. The van der Waals surface area contributed by atoms with E-state index in [1.165, 1.54) is 29.0 Å². The summed E-state index contributed by atoms with van der Waals surface area (Å²) in [4.78, 5) is 2.20. The van der Waals surface area contributed by atoms with E-state index in [0.717, 1.165) is 66.6 Å². The van der Waals surface area contributed by atoms with Crippen LogP contribution >= 0.6 is 23.5 Å². The van der Waals surface area contributed by atoms with Gasteiger partial charge in [0.15, 0.2) is 0 Å². The van der Waals surface area contributed by atoms with Crippen molar-refractivity contribution in [2.75, 3.05) is 4.90 Å². The SMILES string of the molecule is C#CC#CC#CC#COc1ccc(N(c2ccc(C)cc2)c2ccc(C=Cc3cc4c(cc(C=CC)c5nsnc54)c4nsnc34)cc2)cc1. The normalized spacial score (nSPS) is 10.7. The lowest BCUT2D eigenvalue weighted by Crippen LogP contribution is -2.09. The first-order valence-corrected chi connectivity index (χ1v) is 16.9. The Morgan fingerprint density at radius 3 is 1.74 bits per heavy atom. The minimum atomic E-state index is 0.602. The molecule has 0 aliphatic carbocycles. The zero-order valence-electron chi connectivity index (χ0n) is 26.9. The van der Waals surface area contributed by atoms with Crippen molar-refractivity contribution in [2.24, 2.45) is 0 Å². The quantitative estimate of drug-likeness (QED) is 0.123. The maximum Gasteiger partial charge on any atom is 0.140 e. The van der Waals surface area contributed by atoms with Gasteiger partial charge in [0.1, 0.15) is 33.9 Å². The summed E-state index contributed by atoms with van der Waals surface area (Å²) in [5.74, 6) is 15.5. The molecule has 0 aliphatic rings. The summed E-state index contributed by atoms with van der Waals surface area (Å²) in [7, 11) is 0. The number of nitrogens with zero attached hydrogens (tertiary/aromatic N) is 5. The van der Waals surface area contributed by atoms with Crippen molar-refractivity contribution in [3.8, 4) is 53.8 Å². The fraction of sp³-hybridized carbons (Fsp3) is 0.0476. The number of allylic oxidation sites excluding steroid dienone is 1. The van der Waals surface area contributed by atoms with Gasteiger partial charge in [0.25, 0.3) is 0 Å². The molecule has 0 aliphatic heterocycles. The number of hydrogen-bond acceptors (Lipinski definition) is 8. The number of aromatic nitrogens is 4. The highest BCUT2D eigenvalue weighted by atomic mass is 32.1. The Balaban J connectivity index is 1.18. The second-order valence-corrected chi connectivity index (χ2v) is 12.1. The Morgan fingerprint density at radius 2 is 1.14 bits per heavy atom. The predicted molar refractivity (Wildman–Crippen MR) is 208 cm³/mol. The lowest BCUT2D eigenvalue weighted by atomic mass is 9.99. The Hall–Kier alpha value is -6.68. The molecule has 50 heavy (non-hydrogen) atoms. The number of ether oxygens (including phenoxy) is 1. The highest BCUT2D eigenvalue weighted by Gasteiger charge is 2.16. The molecule has 236 valence electrons. The number of rotatable bonds is 7. The van der Waals surface area contributed by atoms with E-state index in [2.05, 4.69) is 150 Å². The van der Waals surface area contributed by atoms with E-state index in [1.807, 2.05) is 37.3 Å². The van der Waals surface area contributed by atoms with Crippen LogP contribution in [-0.2, 0) is 0 Å². The van der Waals surface area contributed by atoms with E-state index in [0.29, 0.717) is 5.75 Å². The van der Waals surface area contributed by atoms with Crippen LogP contribution < -0.4 is 9.64 Å². The van der Waals surface area contributed by atoms with Crippen LogP contribution in [0.1, 0.15) is 29.2 Å². The van der Waals surface area contributed by atoms with Gasteiger partial charge in [0.05, 0.1) is 23.5 Å². The number of fused-ring (bicyclic) bond motifs is 5. The largest absolute Gasteiger partial charge is 0.407 e. The second kappa shape index (κ2) is 14.6. The number of anilines is 3. The summed E-state index contributed by atoms with van der Waals surface area (Å²) in [5.41, 5.74) is 10.8. The summed E-state index contributed by atoms with van der Waals surface area (Å²) >= 11 is 2.45. The predicted octanol–water partition coefficient (Wildman–Crippen LogP) is 9.81. The highest BCUT2D eigenvalue weighted by Crippen LogP contribution is 2.37. The second-order valence-electron chi connectivity index (χ2n) is 11.0. The molecule has 0 saturated heterocycles. The first-order chi connectivity index (χ1) is 24.6. The Kier molecular flexibility index (Phi) is 9.32. The average molecular weight is 680 g/mol. The molecule has 6 nitrogen and oxygen atoms in total. The molecule has 7 aromatic rings. The van der Waals surface area contributed by atoms with Gasteiger partial charge in [-0.2, -0.15) is 17.5 Å². The third-order valence-corrected chi connectivity index (χ3v) is 8.86. The highest BCUT2D eigenvalue weighted by molar-refractivity contribution is 7.00. The van der Waals surface area contributed by atoms with Crippen molar-refractivity contribution in [3.63, 3.8) is 0 Å². The van der Waals surface area contributed by atoms with E-state index >= 15 is 0 Å². The lowest BCUT2D eigenvalue weighted by Gasteiger charge is -2.25. The van der Waals surface area contributed by atoms with E-state index in [-0.39, 0.29) is 0 Å². The van der Waals surface area contributed by atoms with Crippen LogP contribution in [0, 0.1) is 55.0 Å². The number of hydrogen-bond donors (Lipinski definition) is 0. The van der Waals surface area contributed by atoms with E-state index in [4.69, 9.17) is 11.2 Å². The summed E-state index contributed by atoms with van der Waals surface area (Å²) in [5, 5.41) is 2.05. The van der Waals surface area contributed by atoms with Gasteiger partial charge >= 0.3 is 0 Å². The zero-order valence-corrected chi connectivity index (χ0v) is 28.6. The van der Waals surface area contributed by atoms with Gasteiger partial charge in [-0.3, -0.25) is 0 Å². The van der Waals surface area contributed by atoms with Crippen LogP contribution in [0.15, 0.2) is 91.0 Å². The lowest BCUT2D eigenvalue weighted by molar-refractivity contribution is 0.520. The molecule has 0 atom stereocenters. The maximum atomic E-state index is 5.54. The van der Waals surface area contributed by atoms with Crippen LogP contribution in [-0.4, -0.2) is 17.5 Å². The number of benzene rings is 5. The molecule has 0 saturated carbocycles. The van der Waals surface area contributed by atoms with Crippen molar-refractivity contribution >= 4 is 91.6 Å². The number of terminal acetylenes is 1. The molecule has 0 amide bonds. The van der Waals surface area contributed by atoms with Gasteiger partial charge < -0.3 is 9.64 Å². The molecule has 2 aromatic heterocycles. The molecule has 5 aromatic carbocycles. The average Bonchev–Trinajstić information content (AvgIpc) is 3.85. The maximum absolute atomic E-state index is 5.54. The fourth-order valence-electron chi connectivity index (χ4n) is 5.50. The van der Waals surface area contributed by atoms with Gasteiger partial charge in [-0.15, -0.1) is 6.42 Å². The minimum Gasteiger partial charge on any atom is -0.407 e. The molecular formula is C42H25N5OS2. The molecule has 0 bridgehead atoms. The van der Waals surface area contributed by atoms with Gasteiger partial charge in [-0.25, -0.2) is 0 Å². The Labute approximate surface area is 298 Å². The smallest absolute Gasteiger partial charge is 0.140 e. The molecule has 0 unspecified atom stereocenters. The third kappa shape index (κ3) is 6.67. The van der Waals surface area contributed by atoms with E-state index in [9.17, 15) is 0 Å². The van der Waals surface area contributed by atoms with Gasteiger partial charge in [0.2, 0.25) is 0 Å². The van der Waals surface area contributed by atoms with Gasteiger partial charge in [0, 0.05) is 56.7 Å². The van der Waals surface area contributed by atoms with Crippen molar-refractivity contribution in [1.29, 1.82) is 0 Å². The standard InChI is InChI=1S/C42H25N5OS2/c1-4-6-7-8-9-10-26-48-36-24-22-35(23-25-36)47(33-18-12-29(3)13-19-33)34-20-15-30(16-21-34)14-17-32-28-38-37(42-40(32)44-50-46-42)27-31(11-5-2)39-41(38)45-49-43-39/h1,5,11-25,27-28H,2-3H3. The third-order valence-electron chi connectivity index (χ3n) is 7.81. The minimum absolute atomic E-state index is 0.602. The van der Waals surface area contributed by atoms with Gasteiger partial charge in [-0.1, -0.05) is 54.1 Å². The zero-order chi connectivity index (χ0) is 34.3. The molecule has 2 heterocycles. The topological polar surface area (TPSA) is 64.0 Å². The molecule has 7 rings (SSSR count). The van der Waals surface area contributed by atoms with Crippen molar-refractivity contribution in [3.05, 3.63) is 113 Å². The van der Waals surface area contributed by atoms with Crippen LogP contribution in [0.4, 0.5) is 17.1 Å². The summed E-state index contributed by atoms with van der Waals surface area (Å²) in [6.07, 6.45) is 15.9. The summed E-state index contributed by atoms with van der Waals surface area (Å²) in [6.45, 7) is 4.08. The van der Waals surface area contributed by atoms with Crippen molar-refractivity contribution in [1.82, 2.24) is 17.5 Å². The van der Waals surface area contributed by atoms with Crippen LogP contribution in [0.2, 0.25) is 0 Å². The monoisotopic (exact) mass is 679 g/mol. The first-order valence-electron chi connectivity index (χ1n) is 15.5. The molecule has 8 heteroatoms. The molecule has 0 fully saturated rings. The van der Waals surface area contributed by atoms with Crippen LogP contribution in [0.3, 0.4) is 0 Å². The van der Waals surface area contributed by atoms with E-state index in [1.54, 1.807) is 0 Å². The van der Waals surface area contributed by atoms with Crippen LogP contribution in [0.25, 0.3) is 51.1 Å². The Morgan fingerprint density at radius 1 is 0.620 bits per heavy atom. The van der Waals surface area contributed by atoms with Crippen LogP contribution in [0.5, 0.6) is 5.75 Å². The molecule has 0 spiro atoms.